The number of hydrogen-bond donors (Lipinski definition) is 2. The van der Waals surface area contributed by atoms with Gasteiger partial charge in [0.05, 0.1) is 0 Å². The van der Waals surface area contributed by atoms with E-state index in [1.807, 2.05) is 30.3 Å². The van der Waals surface area contributed by atoms with Crippen LogP contribution in [0.4, 0.5) is 0 Å². The smallest absolute Gasteiger partial charge is 0.371 e. The molecule has 0 saturated heterocycles. The molecule has 0 spiro atoms. The second kappa shape index (κ2) is 6.12. The lowest BCUT2D eigenvalue weighted by Gasteiger charge is -2.00. The molecule has 0 aliphatic rings. The van der Waals surface area contributed by atoms with Crippen LogP contribution in [0, 0.1) is 0 Å². The first-order valence-corrected chi connectivity index (χ1v) is 6.43. The highest BCUT2D eigenvalue weighted by Gasteiger charge is 2.10. The second-order valence-corrected chi connectivity index (χ2v) is 4.94. The van der Waals surface area contributed by atoms with E-state index in [2.05, 4.69) is 0 Å². The summed E-state index contributed by atoms with van der Waals surface area (Å²) < 4.78 is 1.73. The molecule has 20 heavy (non-hydrogen) atoms. The van der Waals surface area contributed by atoms with E-state index < -0.39 is 17.5 Å². The summed E-state index contributed by atoms with van der Waals surface area (Å²) in [4.78, 5) is 23.1. The maximum atomic E-state index is 11.7. The Hall–Kier alpha value is -2.47. The van der Waals surface area contributed by atoms with Crippen molar-refractivity contribution in [2.45, 2.75) is 4.90 Å². The molecule has 102 valence electrons. The van der Waals surface area contributed by atoms with Gasteiger partial charge in [-0.15, -0.1) is 0 Å². The van der Waals surface area contributed by atoms with Gasteiger partial charge in [0.2, 0.25) is 5.76 Å². The highest BCUT2D eigenvalue weighted by Crippen LogP contribution is 2.20. The minimum Gasteiger partial charge on any atom is -0.502 e. The largest absolute Gasteiger partial charge is 0.502 e. The van der Waals surface area contributed by atoms with Crippen molar-refractivity contribution in [3.63, 3.8) is 0 Å². The number of ketones is 1. The Morgan fingerprint density at radius 1 is 1.10 bits per heavy atom. The fraction of sp³-hybridized carbons (Fsp3) is 0. The van der Waals surface area contributed by atoms with Crippen LogP contribution in [0.3, 0.4) is 0 Å². The Labute approximate surface area is 119 Å². The quantitative estimate of drug-likeness (QED) is 0.502. The lowest BCUT2D eigenvalue weighted by molar-refractivity contribution is -0.135. The lowest BCUT2D eigenvalue weighted by Crippen LogP contribution is -2.03. The zero-order valence-corrected chi connectivity index (χ0v) is 11.1. The number of carbonyl (C=O) groups excluding carboxylic acids is 1. The first-order valence-electron chi connectivity index (χ1n) is 5.66. The fourth-order valence-electron chi connectivity index (χ4n) is 1.45. The molecule has 0 fully saturated rings. The average Bonchev–Trinajstić information content (AvgIpc) is 2.88. The Bertz CT molecular complexity index is 661. The van der Waals surface area contributed by atoms with Gasteiger partial charge in [0.25, 0.3) is 0 Å². The number of rotatable bonds is 5. The number of aliphatic hydroxyl groups excluding tert-OH is 1. The minimum absolute atomic E-state index is 0.307. The van der Waals surface area contributed by atoms with Crippen LogP contribution >= 0.6 is 11.9 Å². The van der Waals surface area contributed by atoms with Gasteiger partial charge in [0.1, 0.15) is 0 Å². The van der Waals surface area contributed by atoms with Gasteiger partial charge >= 0.3 is 5.97 Å². The van der Waals surface area contributed by atoms with E-state index >= 15 is 0 Å². The monoisotopic (exact) mass is 289 g/mol. The number of aliphatic carboxylic acids is 1. The highest BCUT2D eigenvalue weighted by molar-refractivity contribution is 7.97. The summed E-state index contributed by atoms with van der Waals surface area (Å²) in [5.74, 6) is -3.06. The molecule has 0 saturated carbocycles. The van der Waals surface area contributed by atoms with Crippen LogP contribution < -0.4 is 0 Å². The normalized spacial score (nSPS) is 11.3. The summed E-state index contributed by atoms with van der Waals surface area (Å²) in [6.45, 7) is 0. The van der Waals surface area contributed by atoms with Gasteiger partial charge in [-0.3, -0.25) is 8.77 Å². The van der Waals surface area contributed by atoms with Gasteiger partial charge in [-0.25, -0.2) is 4.79 Å². The molecule has 2 rings (SSSR count). The van der Waals surface area contributed by atoms with Gasteiger partial charge in [0.15, 0.2) is 5.78 Å². The van der Waals surface area contributed by atoms with Gasteiger partial charge in [0, 0.05) is 28.9 Å². The summed E-state index contributed by atoms with van der Waals surface area (Å²) in [5.41, 5.74) is 0.307. The van der Waals surface area contributed by atoms with Crippen molar-refractivity contribution in [3.8, 4) is 0 Å². The third-order valence-electron chi connectivity index (χ3n) is 2.39. The molecule has 5 nitrogen and oxygen atoms in total. The molecule has 0 aliphatic heterocycles. The number of carboxylic acids is 1. The van der Waals surface area contributed by atoms with Crippen LogP contribution in [-0.4, -0.2) is 25.9 Å². The summed E-state index contributed by atoms with van der Waals surface area (Å²) in [6, 6.07) is 11.2. The summed E-state index contributed by atoms with van der Waals surface area (Å²) in [6.07, 6.45) is 3.96. The fourth-order valence-corrected chi connectivity index (χ4v) is 2.26. The Morgan fingerprint density at radius 3 is 2.45 bits per heavy atom. The Kier molecular flexibility index (Phi) is 4.27. The van der Waals surface area contributed by atoms with Gasteiger partial charge < -0.3 is 10.2 Å². The predicted molar refractivity (Wildman–Crippen MR) is 74.8 cm³/mol. The van der Waals surface area contributed by atoms with Crippen molar-refractivity contribution < 1.29 is 19.8 Å². The molecule has 0 bridgehead atoms. The third-order valence-corrected chi connectivity index (χ3v) is 3.31. The van der Waals surface area contributed by atoms with Crippen LogP contribution in [-0.2, 0) is 4.79 Å². The summed E-state index contributed by atoms with van der Waals surface area (Å²) in [5, 5.41) is 17.5. The Morgan fingerprint density at radius 2 is 1.80 bits per heavy atom. The zero-order valence-electron chi connectivity index (χ0n) is 10.3. The van der Waals surface area contributed by atoms with Crippen molar-refractivity contribution in [1.29, 1.82) is 0 Å². The van der Waals surface area contributed by atoms with E-state index in [1.165, 1.54) is 11.9 Å². The topological polar surface area (TPSA) is 79.5 Å². The first-order chi connectivity index (χ1) is 9.56. The maximum absolute atomic E-state index is 11.7. The summed E-state index contributed by atoms with van der Waals surface area (Å²) in [7, 11) is 0. The van der Waals surface area contributed by atoms with Crippen LogP contribution in [0.1, 0.15) is 10.4 Å². The molecule has 2 aromatic rings. The Balaban J connectivity index is 2.11. The van der Waals surface area contributed by atoms with E-state index in [0.717, 1.165) is 4.90 Å². The molecule has 0 atom stereocenters. The predicted octanol–water partition coefficient (Wildman–Crippen LogP) is 2.75. The SMILES string of the molecule is O=C(O)C(O)=CC(=O)c1ccn(Sc2ccccc2)c1. The standard InChI is InChI=1S/C14H11NO4S/c16-12(8-13(17)14(18)19)10-6-7-15(9-10)20-11-4-2-1-3-5-11/h1-9,17H,(H,18,19). The molecule has 0 unspecified atom stereocenters. The van der Waals surface area contributed by atoms with Crippen LogP contribution in [0.5, 0.6) is 0 Å². The highest BCUT2D eigenvalue weighted by atomic mass is 32.2. The number of nitrogens with zero attached hydrogens (tertiary/aromatic N) is 1. The van der Waals surface area contributed by atoms with Gasteiger partial charge in [-0.1, -0.05) is 18.2 Å². The van der Waals surface area contributed by atoms with Gasteiger partial charge in [-0.05, 0) is 30.1 Å². The second-order valence-electron chi connectivity index (χ2n) is 3.86. The maximum Gasteiger partial charge on any atom is 0.371 e. The van der Waals surface area contributed by atoms with E-state index in [1.54, 1.807) is 22.4 Å². The zero-order chi connectivity index (χ0) is 14.5. The van der Waals surface area contributed by atoms with E-state index in [9.17, 15) is 9.59 Å². The number of benzene rings is 1. The summed E-state index contributed by atoms with van der Waals surface area (Å²) >= 11 is 1.42. The van der Waals surface area contributed by atoms with Crippen molar-refractivity contribution in [2.75, 3.05) is 0 Å². The van der Waals surface area contributed by atoms with Crippen LogP contribution in [0.15, 0.2) is 65.5 Å². The molecule has 0 radical (unpaired) electrons. The van der Waals surface area contributed by atoms with Crippen molar-refractivity contribution in [2.24, 2.45) is 0 Å². The molecule has 0 amide bonds. The number of hydrogen-bond acceptors (Lipinski definition) is 4. The molecule has 1 aromatic carbocycles. The number of carboxylic acid groups (broad SMARTS) is 1. The minimum atomic E-state index is -1.53. The average molecular weight is 289 g/mol. The lowest BCUT2D eigenvalue weighted by atomic mass is 10.2. The molecular weight excluding hydrogens is 278 g/mol. The van der Waals surface area contributed by atoms with Gasteiger partial charge in [-0.2, -0.15) is 0 Å². The van der Waals surface area contributed by atoms with E-state index in [0.29, 0.717) is 11.6 Å². The molecule has 1 heterocycles. The molecular formula is C14H11NO4S. The first kappa shape index (κ1) is 14.0. The number of carbonyl (C=O) groups is 2. The van der Waals surface area contributed by atoms with Crippen LogP contribution in [0.2, 0.25) is 0 Å². The molecule has 2 N–H and O–H groups in total. The van der Waals surface area contributed by atoms with Crippen molar-refractivity contribution in [3.05, 3.63) is 66.2 Å². The van der Waals surface area contributed by atoms with Crippen molar-refractivity contribution in [1.82, 2.24) is 3.97 Å². The van der Waals surface area contributed by atoms with Crippen molar-refractivity contribution >= 4 is 23.7 Å². The third kappa shape index (κ3) is 3.52. The van der Waals surface area contributed by atoms with Crippen LogP contribution in [0.25, 0.3) is 0 Å². The number of aromatic nitrogens is 1. The molecule has 6 heteroatoms. The van der Waals surface area contributed by atoms with E-state index in [-0.39, 0.29) is 0 Å². The number of allylic oxidation sites excluding steroid dienone is 1. The molecule has 0 aliphatic carbocycles. The van der Waals surface area contributed by atoms with E-state index in [4.69, 9.17) is 10.2 Å². The molecule has 1 aromatic heterocycles. The number of aliphatic hydroxyl groups is 1.